The van der Waals surface area contributed by atoms with Crippen LogP contribution in [0.25, 0.3) is 0 Å². The molecule has 0 atom stereocenters. The summed E-state index contributed by atoms with van der Waals surface area (Å²) >= 11 is 5.91. The minimum absolute atomic E-state index is 0.107. The van der Waals surface area contributed by atoms with E-state index in [-0.39, 0.29) is 18.1 Å². The van der Waals surface area contributed by atoms with Gasteiger partial charge in [0, 0.05) is 19.9 Å². The molecular formula is C13H14ClF2N5. The molecule has 0 radical (unpaired) electrons. The van der Waals surface area contributed by atoms with Crippen LogP contribution in [0.2, 0.25) is 5.28 Å². The summed E-state index contributed by atoms with van der Waals surface area (Å²) in [7, 11) is 1.88. The SMILES string of the molecule is CN1C2=NCC3(CCC(F)(F)CC3)N2c2nc(Cl)ncc21. The van der Waals surface area contributed by atoms with Crippen LogP contribution in [0.3, 0.4) is 0 Å². The number of halogens is 3. The number of nitrogens with zero attached hydrogens (tertiary/aromatic N) is 5. The topological polar surface area (TPSA) is 44.6 Å². The van der Waals surface area contributed by atoms with Gasteiger partial charge in [-0.1, -0.05) is 0 Å². The van der Waals surface area contributed by atoms with Crippen molar-refractivity contribution in [2.24, 2.45) is 4.99 Å². The normalized spacial score (nSPS) is 25.0. The summed E-state index contributed by atoms with van der Waals surface area (Å²) in [6.07, 6.45) is 2.24. The molecular weight excluding hydrogens is 300 g/mol. The van der Waals surface area contributed by atoms with E-state index in [0.717, 1.165) is 11.6 Å². The molecule has 1 aromatic heterocycles. The lowest BCUT2D eigenvalue weighted by atomic mass is 9.79. The lowest BCUT2D eigenvalue weighted by molar-refractivity contribution is -0.0480. The Bertz CT molecular complexity index is 637. The number of aromatic nitrogens is 2. The van der Waals surface area contributed by atoms with Gasteiger partial charge in [-0.05, 0) is 24.4 Å². The van der Waals surface area contributed by atoms with Gasteiger partial charge in [-0.25, -0.2) is 18.8 Å². The zero-order chi connectivity index (χ0) is 14.8. The number of hydrogen-bond donors (Lipinski definition) is 0. The number of alkyl halides is 2. The molecule has 1 aromatic rings. The van der Waals surface area contributed by atoms with Crippen molar-refractivity contribution in [1.82, 2.24) is 9.97 Å². The van der Waals surface area contributed by atoms with E-state index in [9.17, 15) is 8.78 Å². The lowest BCUT2D eigenvalue weighted by Crippen LogP contribution is -2.54. The fourth-order valence-corrected chi connectivity index (χ4v) is 3.59. The third-order valence-corrected chi connectivity index (χ3v) is 4.88. The van der Waals surface area contributed by atoms with Crippen LogP contribution in [0.5, 0.6) is 0 Å². The molecule has 0 bridgehead atoms. The van der Waals surface area contributed by atoms with Crippen molar-refractivity contribution < 1.29 is 8.78 Å². The van der Waals surface area contributed by atoms with Gasteiger partial charge in [0.1, 0.15) is 5.69 Å². The Balaban J connectivity index is 1.76. The first-order chi connectivity index (χ1) is 9.92. The number of guanidine groups is 1. The van der Waals surface area contributed by atoms with Gasteiger partial charge in [-0.15, -0.1) is 0 Å². The molecule has 3 aliphatic rings. The average molecular weight is 314 g/mol. The van der Waals surface area contributed by atoms with Gasteiger partial charge in [0.2, 0.25) is 17.2 Å². The summed E-state index contributed by atoms with van der Waals surface area (Å²) in [5.74, 6) is -1.13. The smallest absolute Gasteiger partial charge is 0.248 e. The standard InChI is InChI=1S/C13H14ClF2N5/c1-20-8-6-17-10(14)19-9(8)21-11(20)18-7-12(21)2-4-13(15,16)5-3-12/h6H,2-5,7H2,1H3. The molecule has 1 saturated carbocycles. The summed E-state index contributed by atoms with van der Waals surface area (Å²) < 4.78 is 27.0. The van der Waals surface area contributed by atoms with Crippen LogP contribution in [0.1, 0.15) is 25.7 Å². The van der Waals surface area contributed by atoms with Crippen LogP contribution in [0.15, 0.2) is 11.2 Å². The predicted octanol–water partition coefficient (Wildman–Crippen LogP) is 2.70. The second-order valence-electron chi connectivity index (χ2n) is 5.94. The fourth-order valence-electron chi connectivity index (χ4n) is 3.46. The molecule has 0 unspecified atom stereocenters. The minimum Gasteiger partial charge on any atom is -0.311 e. The molecule has 0 N–H and O–H groups in total. The maximum atomic E-state index is 13.5. The lowest BCUT2D eigenvalue weighted by Gasteiger charge is -2.42. The van der Waals surface area contributed by atoms with Gasteiger partial charge in [0.15, 0.2) is 5.82 Å². The van der Waals surface area contributed by atoms with Gasteiger partial charge in [0.25, 0.3) is 0 Å². The molecule has 3 heterocycles. The highest BCUT2D eigenvalue weighted by Crippen LogP contribution is 2.49. The molecule has 112 valence electrons. The van der Waals surface area contributed by atoms with Crippen LogP contribution in [0.4, 0.5) is 20.3 Å². The van der Waals surface area contributed by atoms with Crippen LogP contribution < -0.4 is 9.80 Å². The molecule has 0 amide bonds. The fraction of sp³-hybridized carbons (Fsp3) is 0.615. The molecule has 5 nitrogen and oxygen atoms in total. The van der Waals surface area contributed by atoms with Gasteiger partial charge in [-0.2, -0.15) is 4.98 Å². The Labute approximate surface area is 125 Å². The zero-order valence-corrected chi connectivity index (χ0v) is 12.2. The maximum absolute atomic E-state index is 13.5. The summed E-state index contributed by atoms with van der Waals surface area (Å²) in [5, 5.41) is 0.159. The Morgan fingerprint density at radius 2 is 1.95 bits per heavy atom. The third kappa shape index (κ3) is 1.76. The second kappa shape index (κ2) is 4.03. The quantitative estimate of drug-likeness (QED) is 0.691. The van der Waals surface area contributed by atoms with E-state index in [2.05, 4.69) is 15.0 Å². The highest BCUT2D eigenvalue weighted by atomic mass is 35.5. The van der Waals surface area contributed by atoms with E-state index >= 15 is 0 Å². The van der Waals surface area contributed by atoms with Crippen LogP contribution in [0, 0.1) is 0 Å². The predicted molar refractivity (Wildman–Crippen MR) is 76.4 cm³/mol. The Hall–Kier alpha value is -1.50. The van der Waals surface area contributed by atoms with Crippen molar-refractivity contribution in [3.8, 4) is 0 Å². The first-order valence-electron chi connectivity index (χ1n) is 6.91. The zero-order valence-electron chi connectivity index (χ0n) is 11.5. The van der Waals surface area contributed by atoms with E-state index < -0.39 is 11.5 Å². The van der Waals surface area contributed by atoms with Gasteiger partial charge in [-0.3, -0.25) is 4.90 Å². The molecule has 1 fully saturated rings. The van der Waals surface area contributed by atoms with Crippen LogP contribution >= 0.6 is 11.6 Å². The summed E-state index contributed by atoms with van der Waals surface area (Å²) in [4.78, 5) is 16.7. The molecule has 1 aliphatic carbocycles. The van der Waals surface area contributed by atoms with Crippen molar-refractivity contribution in [3.05, 3.63) is 11.5 Å². The Morgan fingerprint density at radius 1 is 1.24 bits per heavy atom. The highest BCUT2D eigenvalue weighted by molar-refractivity contribution is 6.28. The molecule has 1 spiro atoms. The van der Waals surface area contributed by atoms with Gasteiger partial charge >= 0.3 is 0 Å². The summed E-state index contributed by atoms with van der Waals surface area (Å²) in [5.41, 5.74) is 0.420. The minimum atomic E-state index is -2.56. The summed E-state index contributed by atoms with van der Waals surface area (Å²) in [6, 6.07) is 0. The van der Waals surface area contributed by atoms with E-state index in [1.807, 2.05) is 16.8 Å². The first kappa shape index (κ1) is 13.2. The van der Waals surface area contributed by atoms with Crippen molar-refractivity contribution in [2.45, 2.75) is 37.1 Å². The number of rotatable bonds is 0. The van der Waals surface area contributed by atoms with E-state index in [4.69, 9.17) is 11.6 Å². The number of hydrogen-bond acceptors (Lipinski definition) is 5. The average Bonchev–Trinajstić information content (AvgIpc) is 2.93. The molecule has 0 aromatic carbocycles. The maximum Gasteiger partial charge on any atom is 0.248 e. The largest absolute Gasteiger partial charge is 0.311 e. The second-order valence-corrected chi connectivity index (χ2v) is 6.28. The van der Waals surface area contributed by atoms with E-state index in [1.165, 1.54) is 0 Å². The van der Waals surface area contributed by atoms with Crippen LogP contribution in [-0.4, -0.2) is 41.0 Å². The highest BCUT2D eigenvalue weighted by Gasteiger charge is 2.54. The molecule has 4 rings (SSSR count). The van der Waals surface area contributed by atoms with Crippen molar-refractivity contribution in [1.29, 1.82) is 0 Å². The molecule has 0 saturated heterocycles. The first-order valence-corrected chi connectivity index (χ1v) is 7.29. The van der Waals surface area contributed by atoms with Crippen molar-refractivity contribution in [3.63, 3.8) is 0 Å². The molecule has 21 heavy (non-hydrogen) atoms. The number of anilines is 2. The monoisotopic (exact) mass is 313 g/mol. The van der Waals surface area contributed by atoms with Gasteiger partial charge in [0.05, 0.1) is 18.3 Å². The third-order valence-electron chi connectivity index (χ3n) is 4.70. The van der Waals surface area contributed by atoms with E-state index in [0.29, 0.717) is 25.2 Å². The van der Waals surface area contributed by atoms with Crippen LogP contribution in [-0.2, 0) is 0 Å². The molecule has 8 heteroatoms. The Morgan fingerprint density at radius 3 is 2.67 bits per heavy atom. The molecule has 2 aliphatic heterocycles. The number of fused-ring (bicyclic) bond motifs is 4. The van der Waals surface area contributed by atoms with Gasteiger partial charge < -0.3 is 4.90 Å². The Kier molecular flexibility index (Phi) is 2.53. The van der Waals surface area contributed by atoms with Crippen molar-refractivity contribution in [2.75, 3.05) is 23.4 Å². The number of aliphatic imine (C=N–C) groups is 1. The summed E-state index contributed by atoms with van der Waals surface area (Å²) in [6.45, 7) is 0.532. The van der Waals surface area contributed by atoms with E-state index in [1.54, 1.807) is 6.20 Å². The van der Waals surface area contributed by atoms with Crippen molar-refractivity contribution >= 4 is 29.1 Å².